The minimum absolute atomic E-state index is 0. The van der Waals surface area contributed by atoms with Crippen molar-refractivity contribution < 1.29 is 64.7 Å². The Bertz CT molecular complexity index is 125. The van der Waals surface area contributed by atoms with Crippen LogP contribution >= 0.6 is 0 Å². The van der Waals surface area contributed by atoms with Gasteiger partial charge >= 0.3 is 49.7 Å². The smallest absolute Gasteiger partial charge is 1.00 e. The Morgan fingerprint density at radius 2 is 1.90 bits per heavy atom. The van der Waals surface area contributed by atoms with Gasteiger partial charge in [0.2, 0.25) is 0 Å². The fourth-order valence-corrected chi connectivity index (χ4v) is 0.151. The third-order valence-electron chi connectivity index (χ3n) is 0.382. The fourth-order valence-electron chi connectivity index (χ4n) is 0.151. The summed E-state index contributed by atoms with van der Waals surface area (Å²) in [4.78, 5) is 21.7. The van der Waals surface area contributed by atoms with E-state index < -0.39 is 18.4 Å². The topological polar surface area (TPSA) is 63.6 Å². The van der Waals surface area contributed by atoms with Crippen LogP contribution in [0.15, 0.2) is 0 Å². The molecule has 10 heavy (non-hydrogen) atoms. The second kappa shape index (κ2) is 9.06. The SMILES string of the molecule is O=C(O)CC(=O)OF.[H-].[H-].[Li+].[Li+]. The van der Waals surface area contributed by atoms with E-state index in [9.17, 15) is 14.1 Å². The van der Waals surface area contributed by atoms with Crippen LogP contribution in [0.1, 0.15) is 9.27 Å². The Labute approximate surface area is 83.3 Å². The van der Waals surface area contributed by atoms with Gasteiger partial charge in [0, 0.05) is 4.53 Å². The van der Waals surface area contributed by atoms with Crippen molar-refractivity contribution in [3.8, 4) is 0 Å². The molecule has 0 aromatic carbocycles. The summed E-state index contributed by atoms with van der Waals surface area (Å²) in [7, 11) is 0. The summed E-state index contributed by atoms with van der Waals surface area (Å²) >= 11 is 0. The summed E-state index contributed by atoms with van der Waals surface area (Å²) in [6.07, 6.45) is -0.934. The molecule has 0 bridgehead atoms. The number of carboxylic acids is 1. The number of carboxylic acid groups (broad SMARTS) is 1. The second-order valence-electron chi connectivity index (χ2n) is 1.02. The van der Waals surface area contributed by atoms with Crippen molar-refractivity contribution in [2.75, 3.05) is 0 Å². The summed E-state index contributed by atoms with van der Waals surface area (Å²) in [5.74, 6) is -2.80. The van der Waals surface area contributed by atoms with Crippen LogP contribution in [0.25, 0.3) is 0 Å². The normalized spacial score (nSPS) is 6.50. The minimum Gasteiger partial charge on any atom is -1.00 e. The molecule has 0 aliphatic heterocycles. The van der Waals surface area contributed by atoms with Crippen molar-refractivity contribution in [3.05, 3.63) is 0 Å². The number of carbonyl (C=O) groups excluding carboxylic acids is 1. The summed E-state index contributed by atoms with van der Waals surface area (Å²) in [5, 5.41) is 7.75. The zero-order valence-electron chi connectivity index (χ0n) is 7.76. The molecule has 0 aromatic heterocycles. The molecule has 0 amide bonds. The van der Waals surface area contributed by atoms with Crippen molar-refractivity contribution in [2.24, 2.45) is 0 Å². The number of hydrogen-bond acceptors (Lipinski definition) is 3. The standard InChI is InChI=1S/C3H3FO4.2Li.2H/c4-8-3(7)1-2(5)6;;;;/h1H2,(H,5,6);;;;/q;2*+1;2*-1. The van der Waals surface area contributed by atoms with Gasteiger partial charge in [-0.05, 0) is 0 Å². The summed E-state index contributed by atoms with van der Waals surface area (Å²) < 4.78 is 10.6. The van der Waals surface area contributed by atoms with Crippen LogP contribution < -0.4 is 37.7 Å². The van der Waals surface area contributed by atoms with Gasteiger partial charge in [0.1, 0.15) is 6.42 Å². The Hall–Kier alpha value is 0.0648. The Morgan fingerprint density at radius 1 is 1.50 bits per heavy atom. The van der Waals surface area contributed by atoms with Crippen LogP contribution in [0.2, 0.25) is 0 Å². The van der Waals surface area contributed by atoms with Gasteiger partial charge in [-0.25, -0.2) is 4.79 Å². The van der Waals surface area contributed by atoms with Gasteiger partial charge in [-0.15, -0.1) is 0 Å². The molecule has 0 saturated carbocycles. The molecule has 0 radical (unpaired) electrons. The third kappa shape index (κ3) is 10.9. The number of rotatable bonds is 2. The molecule has 7 heteroatoms. The Morgan fingerprint density at radius 3 is 2.00 bits per heavy atom. The van der Waals surface area contributed by atoms with E-state index in [-0.39, 0.29) is 40.6 Å². The summed E-state index contributed by atoms with van der Waals surface area (Å²) in [5.41, 5.74) is 0. The van der Waals surface area contributed by atoms with Crippen molar-refractivity contribution in [1.29, 1.82) is 0 Å². The van der Waals surface area contributed by atoms with Gasteiger partial charge < -0.3 is 7.96 Å². The van der Waals surface area contributed by atoms with Crippen LogP contribution in [0.3, 0.4) is 0 Å². The molecule has 0 atom stereocenters. The molecule has 1 N–H and O–H groups in total. The van der Waals surface area contributed by atoms with E-state index in [0.29, 0.717) is 0 Å². The largest absolute Gasteiger partial charge is 1.00 e. The average molecular weight is 138 g/mol. The molecule has 0 spiro atoms. The predicted octanol–water partition coefficient (Wildman–Crippen LogP) is -5.88. The molecule has 0 saturated heterocycles. The molecule has 0 aliphatic carbocycles. The van der Waals surface area contributed by atoms with E-state index in [4.69, 9.17) is 5.11 Å². The molecule has 0 fully saturated rings. The molecule has 0 heterocycles. The number of aliphatic carboxylic acids is 1. The molecule has 4 nitrogen and oxygen atoms in total. The van der Waals surface area contributed by atoms with Crippen molar-refractivity contribution in [3.63, 3.8) is 0 Å². The first-order valence-electron chi connectivity index (χ1n) is 1.70. The van der Waals surface area contributed by atoms with Gasteiger partial charge in [-0.2, -0.15) is 0 Å². The van der Waals surface area contributed by atoms with E-state index in [1.807, 2.05) is 0 Å². The van der Waals surface area contributed by atoms with E-state index >= 15 is 0 Å². The van der Waals surface area contributed by atoms with Crippen molar-refractivity contribution in [1.82, 2.24) is 0 Å². The Balaban J connectivity index is -0.0000000408. The summed E-state index contributed by atoms with van der Waals surface area (Å²) in [6.45, 7) is 0. The molecule has 0 aromatic rings. The fraction of sp³-hybridized carbons (Fsp3) is 0.333. The van der Waals surface area contributed by atoms with Gasteiger partial charge in [0.05, 0.1) is 0 Å². The van der Waals surface area contributed by atoms with E-state index in [1.54, 1.807) is 0 Å². The molecule has 0 aliphatic rings. The van der Waals surface area contributed by atoms with Crippen LogP contribution in [0, 0.1) is 0 Å². The van der Waals surface area contributed by atoms with Crippen molar-refractivity contribution in [2.45, 2.75) is 6.42 Å². The monoisotopic (exact) mass is 138 g/mol. The van der Waals surface area contributed by atoms with Crippen LogP contribution in [0.5, 0.6) is 0 Å². The van der Waals surface area contributed by atoms with Crippen LogP contribution in [0.4, 0.5) is 4.53 Å². The molecule has 0 rings (SSSR count). The molecule has 50 valence electrons. The van der Waals surface area contributed by atoms with E-state index in [1.165, 1.54) is 0 Å². The summed E-state index contributed by atoms with van der Waals surface area (Å²) in [6, 6.07) is 0. The first-order valence-corrected chi connectivity index (χ1v) is 1.70. The van der Waals surface area contributed by atoms with Gasteiger partial charge in [-0.3, -0.25) is 9.74 Å². The van der Waals surface area contributed by atoms with Crippen molar-refractivity contribution >= 4 is 11.9 Å². The second-order valence-corrected chi connectivity index (χ2v) is 1.02. The van der Waals surface area contributed by atoms with Crippen LogP contribution in [-0.4, -0.2) is 17.0 Å². The molecular formula is C3H5FLi2O4. The van der Waals surface area contributed by atoms with Crippen LogP contribution in [-0.2, 0) is 14.5 Å². The first-order chi connectivity index (χ1) is 3.66. The number of halogens is 1. The first kappa shape index (κ1) is 16.6. The van der Waals surface area contributed by atoms with Gasteiger partial charge in [0.15, 0.2) is 0 Å². The zero-order chi connectivity index (χ0) is 6.57. The zero-order valence-corrected chi connectivity index (χ0v) is 5.76. The van der Waals surface area contributed by atoms with Gasteiger partial charge in [-0.1, -0.05) is 0 Å². The average Bonchev–Trinajstić information content (AvgIpc) is 1.65. The quantitative estimate of drug-likeness (QED) is 0.305. The number of hydrogen-bond donors (Lipinski definition) is 1. The molecule has 0 unspecified atom stereocenters. The Kier molecular flexibility index (Phi) is 15.0. The van der Waals surface area contributed by atoms with E-state index in [2.05, 4.69) is 4.94 Å². The maximum atomic E-state index is 10.6. The van der Waals surface area contributed by atoms with Gasteiger partial charge in [0.25, 0.3) is 0 Å². The van der Waals surface area contributed by atoms with E-state index in [0.717, 1.165) is 0 Å². The maximum Gasteiger partial charge on any atom is 1.00 e. The minimum atomic E-state index is -1.41. The number of carbonyl (C=O) groups is 2. The third-order valence-corrected chi connectivity index (χ3v) is 0.382. The predicted molar refractivity (Wildman–Crippen MR) is 21.7 cm³/mol. The molecular weight excluding hydrogens is 133 g/mol. The maximum absolute atomic E-state index is 10.6.